The number of halogens is 1. The highest BCUT2D eigenvalue weighted by Gasteiger charge is 2.34. The highest BCUT2D eigenvalue weighted by atomic mass is 19.1. The van der Waals surface area contributed by atoms with E-state index in [9.17, 15) is 9.90 Å². The second kappa shape index (κ2) is 11.0. The minimum absolute atomic E-state index is 0.178. The number of nitrogens with one attached hydrogen (secondary N) is 3. The fraction of sp³-hybridized carbons (Fsp3) is 0.357. The molecule has 3 heterocycles. The Morgan fingerprint density at radius 1 is 1.18 bits per heavy atom. The Bertz CT molecular complexity index is 1390. The lowest BCUT2D eigenvalue weighted by molar-refractivity contribution is 0.0555. The van der Waals surface area contributed by atoms with Crippen molar-refractivity contribution < 1.29 is 14.3 Å². The van der Waals surface area contributed by atoms with E-state index >= 15 is 4.39 Å². The van der Waals surface area contributed by atoms with Gasteiger partial charge >= 0.3 is 0 Å². The van der Waals surface area contributed by atoms with Crippen molar-refractivity contribution in [1.29, 1.82) is 0 Å². The first-order valence-electron chi connectivity index (χ1n) is 13.0. The second-order valence-corrected chi connectivity index (χ2v) is 10.1. The molecule has 0 saturated carbocycles. The topological polar surface area (TPSA) is 119 Å². The molecule has 1 amide bonds. The standard InChI is InChI=1S/C28H33FN8O2/c1-4-11-30-26(38)20-17-31-27(32-19-6-7-22(21(29)16-19)37-14-12-36(3)13-15-37)35-25(20)34-23-8-5-18-9-10-28(2,39)24(18)33-23/h4-8,16-17,39H,1,9-15H2,2-3H3,(H,30,38)(H2,31,32,33,34,35). The molecule has 1 atom stereocenters. The van der Waals surface area contributed by atoms with Crippen molar-refractivity contribution in [1.82, 2.24) is 25.2 Å². The van der Waals surface area contributed by atoms with E-state index in [0.29, 0.717) is 29.3 Å². The number of hydrogen-bond donors (Lipinski definition) is 4. The number of benzene rings is 1. The van der Waals surface area contributed by atoms with Gasteiger partial charge in [0.1, 0.15) is 28.6 Å². The minimum atomic E-state index is -1.02. The van der Waals surface area contributed by atoms with Gasteiger partial charge in [-0.3, -0.25) is 4.79 Å². The molecule has 1 aliphatic carbocycles. The van der Waals surface area contributed by atoms with Crippen molar-refractivity contribution in [2.24, 2.45) is 0 Å². The Labute approximate surface area is 227 Å². The van der Waals surface area contributed by atoms with Crippen molar-refractivity contribution in [3.8, 4) is 0 Å². The summed E-state index contributed by atoms with van der Waals surface area (Å²) in [7, 11) is 2.06. The molecule has 39 heavy (non-hydrogen) atoms. The zero-order chi connectivity index (χ0) is 27.6. The van der Waals surface area contributed by atoms with E-state index in [-0.39, 0.29) is 35.6 Å². The molecule has 1 fully saturated rings. The highest BCUT2D eigenvalue weighted by molar-refractivity contribution is 5.99. The van der Waals surface area contributed by atoms with E-state index < -0.39 is 5.60 Å². The van der Waals surface area contributed by atoms with Crippen molar-refractivity contribution in [2.45, 2.75) is 25.4 Å². The average Bonchev–Trinajstić information content (AvgIpc) is 3.22. The number of likely N-dealkylation sites (N-methyl/N-ethyl adjacent to an activating group) is 1. The molecule has 4 N–H and O–H groups in total. The Morgan fingerprint density at radius 3 is 2.72 bits per heavy atom. The van der Waals surface area contributed by atoms with Crippen LogP contribution in [0.2, 0.25) is 0 Å². The molecule has 2 aromatic heterocycles. The number of aromatic nitrogens is 3. The van der Waals surface area contributed by atoms with Crippen LogP contribution in [0.25, 0.3) is 0 Å². The summed E-state index contributed by atoms with van der Waals surface area (Å²) >= 11 is 0. The SMILES string of the molecule is C=CCNC(=O)c1cnc(Nc2ccc(N3CCN(C)CC3)c(F)c2)nc1Nc1ccc2c(n1)C(C)(O)CC2. The van der Waals surface area contributed by atoms with Crippen LogP contribution >= 0.6 is 0 Å². The number of carbonyl (C=O) groups is 1. The molecule has 2 aliphatic rings. The van der Waals surface area contributed by atoms with Gasteiger partial charge in [0.2, 0.25) is 5.95 Å². The van der Waals surface area contributed by atoms with Gasteiger partial charge in [0.05, 0.1) is 11.4 Å². The van der Waals surface area contributed by atoms with Gasteiger partial charge in [0.25, 0.3) is 5.91 Å². The fourth-order valence-corrected chi connectivity index (χ4v) is 4.82. The molecule has 5 rings (SSSR count). The lowest BCUT2D eigenvalue weighted by Gasteiger charge is -2.34. The number of anilines is 5. The first-order valence-corrected chi connectivity index (χ1v) is 13.0. The maximum absolute atomic E-state index is 15.0. The van der Waals surface area contributed by atoms with Crippen molar-refractivity contribution in [2.75, 3.05) is 55.3 Å². The van der Waals surface area contributed by atoms with Crippen LogP contribution in [0, 0.1) is 5.82 Å². The predicted molar refractivity (Wildman–Crippen MR) is 149 cm³/mol. The van der Waals surface area contributed by atoms with E-state index in [1.54, 1.807) is 31.2 Å². The average molecular weight is 533 g/mol. The number of nitrogens with zero attached hydrogens (tertiary/aromatic N) is 5. The molecule has 3 aromatic rings. The third kappa shape index (κ3) is 5.84. The number of piperazine rings is 1. The first kappa shape index (κ1) is 26.5. The number of fused-ring (bicyclic) bond motifs is 1. The van der Waals surface area contributed by atoms with Gasteiger partial charge in [-0.15, -0.1) is 6.58 Å². The number of carbonyl (C=O) groups excluding carboxylic acids is 1. The molecular weight excluding hydrogens is 499 g/mol. The number of aliphatic hydroxyl groups is 1. The normalized spacial score (nSPS) is 18.9. The molecule has 0 bridgehead atoms. The second-order valence-electron chi connectivity index (χ2n) is 10.1. The maximum atomic E-state index is 15.0. The van der Waals surface area contributed by atoms with Crippen molar-refractivity contribution in [3.63, 3.8) is 0 Å². The van der Waals surface area contributed by atoms with Crippen LogP contribution in [0.1, 0.15) is 35.0 Å². The third-order valence-electron chi connectivity index (χ3n) is 7.10. The zero-order valence-corrected chi connectivity index (χ0v) is 22.2. The molecule has 0 spiro atoms. The zero-order valence-electron chi connectivity index (χ0n) is 22.2. The van der Waals surface area contributed by atoms with Gasteiger partial charge in [0, 0.05) is 44.6 Å². The number of hydrogen-bond acceptors (Lipinski definition) is 9. The van der Waals surface area contributed by atoms with E-state index in [1.807, 2.05) is 11.0 Å². The molecular formula is C28H33FN8O2. The summed E-state index contributed by atoms with van der Waals surface area (Å²) in [6.45, 7) is 8.94. The largest absolute Gasteiger partial charge is 0.384 e. The molecule has 1 aromatic carbocycles. The van der Waals surface area contributed by atoms with Gasteiger partial charge in [-0.2, -0.15) is 4.98 Å². The van der Waals surface area contributed by atoms with Crippen LogP contribution in [0.15, 0.2) is 49.2 Å². The Morgan fingerprint density at radius 2 is 1.97 bits per heavy atom. The van der Waals surface area contributed by atoms with Crippen molar-refractivity contribution in [3.05, 3.63) is 71.8 Å². The van der Waals surface area contributed by atoms with Gasteiger partial charge in [-0.05, 0) is 56.6 Å². The number of rotatable bonds is 8. The third-order valence-corrected chi connectivity index (χ3v) is 7.10. The van der Waals surface area contributed by atoms with Crippen molar-refractivity contribution >= 4 is 34.9 Å². The summed E-state index contributed by atoms with van der Waals surface area (Å²) < 4.78 is 15.0. The van der Waals surface area contributed by atoms with Gasteiger partial charge in [0.15, 0.2) is 0 Å². The monoisotopic (exact) mass is 532 g/mol. The summed E-state index contributed by atoms with van der Waals surface area (Å²) in [4.78, 5) is 30.5. The van der Waals surface area contributed by atoms with Crippen LogP contribution in [0.5, 0.6) is 0 Å². The maximum Gasteiger partial charge on any atom is 0.256 e. The first-order chi connectivity index (χ1) is 18.7. The van der Waals surface area contributed by atoms with Gasteiger partial charge < -0.3 is 30.9 Å². The van der Waals surface area contributed by atoms with E-state index in [1.165, 1.54) is 12.3 Å². The van der Waals surface area contributed by atoms with E-state index in [2.05, 4.69) is 49.4 Å². The molecule has 204 valence electrons. The molecule has 0 radical (unpaired) electrons. The number of aryl methyl sites for hydroxylation is 1. The van der Waals surface area contributed by atoms with Crippen LogP contribution in [0.4, 0.5) is 33.3 Å². The van der Waals surface area contributed by atoms with Crippen LogP contribution in [-0.4, -0.2) is 70.6 Å². The molecule has 11 heteroatoms. The Hall–Kier alpha value is -4.09. The van der Waals surface area contributed by atoms with E-state index in [4.69, 9.17) is 0 Å². The number of amides is 1. The number of pyridine rings is 1. The summed E-state index contributed by atoms with van der Waals surface area (Å²) in [6, 6.07) is 8.64. The van der Waals surface area contributed by atoms with Gasteiger partial charge in [-0.25, -0.2) is 14.4 Å². The summed E-state index contributed by atoms with van der Waals surface area (Å²) in [5.74, 6) is 0.102. The van der Waals surface area contributed by atoms with Crippen LogP contribution in [0.3, 0.4) is 0 Å². The summed E-state index contributed by atoms with van der Waals surface area (Å²) in [5, 5.41) is 19.6. The highest BCUT2D eigenvalue weighted by Crippen LogP contribution is 2.36. The molecule has 10 nitrogen and oxygen atoms in total. The molecule has 1 aliphatic heterocycles. The molecule has 1 saturated heterocycles. The van der Waals surface area contributed by atoms with Gasteiger partial charge in [-0.1, -0.05) is 12.1 Å². The predicted octanol–water partition coefficient (Wildman–Crippen LogP) is 3.32. The lowest BCUT2D eigenvalue weighted by Crippen LogP contribution is -2.44. The van der Waals surface area contributed by atoms with Crippen LogP contribution < -0.4 is 20.9 Å². The van der Waals surface area contributed by atoms with Crippen LogP contribution in [-0.2, 0) is 12.0 Å². The Balaban J connectivity index is 1.40. The quantitative estimate of drug-likeness (QED) is 0.324. The summed E-state index contributed by atoms with van der Waals surface area (Å²) in [6.07, 6.45) is 4.32. The minimum Gasteiger partial charge on any atom is -0.384 e. The molecule has 1 unspecified atom stereocenters. The smallest absolute Gasteiger partial charge is 0.256 e. The fourth-order valence-electron chi connectivity index (χ4n) is 4.82. The summed E-state index contributed by atoms with van der Waals surface area (Å²) in [5.41, 5.74) is 1.82. The Kier molecular flexibility index (Phi) is 7.45. The lowest BCUT2D eigenvalue weighted by atomic mass is 10.0. The van der Waals surface area contributed by atoms with E-state index in [0.717, 1.165) is 38.2 Å².